The molecular weight excluding hydrogens is 460 g/mol. The zero-order valence-corrected chi connectivity index (χ0v) is 20.2. The molecule has 0 aliphatic carbocycles. The molecule has 0 unspecified atom stereocenters. The van der Waals surface area contributed by atoms with Gasteiger partial charge in [-0.3, -0.25) is 14.9 Å². The SMILES string of the molecule is Cc1ccccc1Oc1cc(NC(=O)c2ccc(COc3ccc(C(C)C)cc3)o2)cc([N+](=O)[O-])c1. The van der Waals surface area contributed by atoms with Crippen molar-refractivity contribution in [3.05, 3.63) is 112 Å². The minimum Gasteiger partial charge on any atom is -0.486 e. The van der Waals surface area contributed by atoms with Crippen molar-refractivity contribution in [3.63, 3.8) is 0 Å². The highest BCUT2D eigenvalue weighted by Crippen LogP contribution is 2.31. The molecule has 0 saturated carbocycles. The van der Waals surface area contributed by atoms with Crippen molar-refractivity contribution < 1.29 is 23.6 Å². The molecule has 36 heavy (non-hydrogen) atoms. The first-order valence-electron chi connectivity index (χ1n) is 11.4. The Morgan fingerprint density at radius 3 is 2.44 bits per heavy atom. The summed E-state index contributed by atoms with van der Waals surface area (Å²) in [5.74, 6) is 1.88. The monoisotopic (exact) mass is 486 g/mol. The van der Waals surface area contributed by atoms with Gasteiger partial charge in [-0.25, -0.2) is 0 Å². The Morgan fingerprint density at radius 1 is 1.00 bits per heavy atom. The standard InChI is InChI=1S/C28H26N2O6/c1-18(2)20-8-10-23(11-9-20)34-17-24-12-13-27(35-24)28(31)29-21-14-22(30(32)33)16-25(15-21)36-26-7-5-4-6-19(26)3/h4-16,18H,17H2,1-3H3,(H,29,31). The van der Waals surface area contributed by atoms with E-state index in [0.29, 0.717) is 23.2 Å². The Balaban J connectivity index is 1.44. The zero-order chi connectivity index (χ0) is 25.7. The fourth-order valence-corrected chi connectivity index (χ4v) is 3.49. The van der Waals surface area contributed by atoms with E-state index in [1.54, 1.807) is 18.2 Å². The van der Waals surface area contributed by atoms with E-state index in [2.05, 4.69) is 19.2 Å². The molecule has 0 aliphatic heterocycles. The number of benzene rings is 3. The number of carbonyl (C=O) groups excluding carboxylic acids is 1. The summed E-state index contributed by atoms with van der Waals surface area (Å²) in [7, 11) is 0. The Kier molecular flexibility index (Phi) is 7.34. The number of nitro groups is 1. The molecule has 3 aromatic carbocycles. The molecule has 0 saturated heterocycles. The molecule has 0 fully saturated rings. The molecule has 184 valence electrons. The molecule has 8 heteroatoms. The van der Waals surface area contributed by atoms with Crippen molar-refractivity contribution in [1.29, 1.82) is 0 Å². The van der Waals surface area contributed by atoms with Crippen molar-refractivity contribution in [3.8, 4) is 17.2 Å². The largest absolute Gasteiger partial charge is 0.486 e. The Bertz CT molecular complexity index is 1380. The molecule has 4 rings (SSSR count). The number of hydrogen-bond donors (Lipinski definition) is 1. The summed E-state index contributed by atoms with van der Waals surface area (Å²) in [4.78, 5) is 23.6. The third-order valence-corrected chi connectivity index (χ3v) is 5.49. The second-order valence-corrected chi connectivity index (χ2v) is 8.57. The smallest absolute Gasteiger partial charge is 0.291 e. The fourth-order valence-electron chi connectivity index (χ4n) is 3.49. The van der Waals surface area contributed by atoms with Crippen molar-refractivity contribution in [1.82, 2.24) is 0 Å². The minimum absolute atomic E-state index is 0.0524. The molecular formula is C28H26N2O6. The molecule has 1 N–H and O–H groups in total. The second-order valence-electron chi connectivity index (χ2n) is 8.57. The number of furan rings is 1. The number of aryl methyl sites for hydroxylation is 1. The molecule has 0 spiro atoms. The number of non-ortho nitro benzene ring substituents is 1. The molecule has 1 heterocycles. The summed E-state index contributed by atoms with van der Waals surface area (Å²) in [5, 5.41) is 14.1. The number of nitrogens with zero attached hydrogens (tertiary/aromatic N) is 1. The van der Waals surface area contributed by atoms with Crippen LogP contribution in [0.2, 0.25) is 0 Å². The van der Waals surface area contributed by atoms with Gasteiger partial charge in [-0.05, 0) is 54.3 Å². The van der Waals surface area contributed by atoms with Crippen LogP contribution in [0, 0.1) is 17.0 Å². The van der Waals surface area contributed by atoms with Crippen LogP contribution in [0.25, 0.3) is 0 Å². The third kappa shape index (κ3) is 6.09. The first kappa shape index (κ1) is 24.5. The highest BCUT2D eigenvalue weighted by Gasteiger charge is 2.17. The van der Waals surface area contributed by atoms with Crippen LogP contribution < -0.4 is 14.8 Å². The molecule has 1 aromatic heterocycles. The lowest BCUT2D eigenvalue weighted by atomic mass is 10.0. The van der Waals surface area contributed by atoms with Crippen LogP contribution in [-0.4, -0.2) is 10.8 Å². The predicted molar refractivity (Wildman–Crippen MR) is 136 cm³/mol. The number of anilines is 1. The van der Waals surface area contributed by atoms with Crippen LogP contribution in [0.5, 0.6) is 17.2 Å². The van der Waals surface area contributed by atoms with Gasteiger partial charge in [0, 0.05) is 12.1 Å². The quantitative estimate of drug-likeness (QED) is 0.197. The lowest BCUT2D eigenvalue weighted by molar-refractivity contribution is -0.384. The summed E-state index contributed by atoms with van der Waals surface area (Å²) in [6.07, 6.45) is 0. The van der Waals surface area contributed by atoms with Crippen LogP contribution >= 0.6 is 0 Å². The Labute approximate surface area is 208 Å². The number of ether oxygens (including phenoxy) is 2. The van der Waals surface area contributed by atoms with Gasteiger partial charge in [0.05, 0.1) is 16.7 Å². The molecule has 1 amide bonds. The molecule has 0 atom stereocenters. The van der Waals surface area contributed by atoms with E-state index < -0.39 is 10.8 Å². The molecule has 0 radical (unpaired) electrons. The van der Waals surface area contributed by atoms with E-state index in [1.165, 1.54) is 29.8 Å². The normalized spacial score (nSPS) is 10.8. The Morgan fingerprint density at radius 2 is 1.75 bits per heavy atom. The van der Waals surface area contributed by atoms with Gasteiger partial charge in [0.25, 0.3) is 11.6 Å². The lowest BCUT2D eigenvalue weighted by Gasteiger charge is -2.10. The lowest BCUT2D eigenvalue weighted by Crippen LogP contribution is -2.11. The predicted octanol–water partition coefficient (Wildman–Crippen LogP) is 7.24. The number of carbonyl (C=O) groups is 1. The highest BCUT2D eigenvalue weighted by molar-refractivity contribution is 6.02. The summed E-state index contributed by atoms with van der Waals surface area (Å²) < 4.78 is 17.2. The van der Waals surface area contributed by atoms with Crippen molar-refractivity contribution in [2.24, 2.45) is 0 Å². The van der Waals surface area contributed by atoms with Crippen LogP contribution in [0.3, 0.4) is 0 Å². The molecule has 8 nitrogen and oxygen atoms in total. The van der Waals surface area contributed by atoms with E-state index >= 15 is 0 Å². The maximum Gasteiger partial charge on any atom is 0.291 e. The van der Waals surface area contributed by atoms with Gasteiger partial charge in [0.2, 0.25) is 0 Å². The molecule has 0 bridgehead atoms. The van der Waals surface area contributed by atoms with E-state index in [4.69, 9.17) is 13.9 Å². The molecule has 0 aliphatic rings. The van der Waals surface area contributed by atoms with Gasteiger partial charge in [0.15, 0.2) is 5.76 Å². The number of para-hydroxylation sites is 1. The van der Waals surface area contributed by atoms with Gasteiger partial charge >= 0.3 is 0 Å². The number of hydrogen-bond acceptors (Lipinski definition) is 6. The first-order valence-corrected chi connectivity index (χ1v) is 11.4. The van der Waals surface area contributed by atoms with Crippen LogP contribution in [0.4, 0.5) is 11.4 Å². The second kappa shape index (κ2) is 10.8. The zero-order valence-electron chi connectivity index (χ0n) is 20.2. The van der Waals surface area contributed by atoms with Crippen LogP contribution in [0.1, 0.15) is 47.2 Å². The molecule has 4 aromatic rings. The summed E-state index contributed by atoms with van der Waals surface area (Å²) in [5.41, 5.74) is 2.08. The van der Waals surface area contributed by atoms with Gasteiger partial charge in [0.1, 0.15) is 29.6 Å². The third-order valence-electron chi connectivity index (χ3n) is 5.49. The highest BCUT2D eigenvalue weighted by atomic mass is 16.6. The maximum atomic E-state index is 12.8. The van der Waals surface area contributed by atoms with Gasteiger partial charge in [-0.1, -0.05) is 44.2 Å². The van der Waals surface area contributed by atoms with Crippen molar-refractivity contribution >= 4 is 17.3 Å². The van der Waals surface area contributed by atoms with Gasteiger partial charge in [-0.15, -0.1) is 0 Å². The average Bonchev–Trinajstić information content (AvgIpc) is 3.34. The van der Waals surface area contributed by atoms with Crippen molar-refractivity contribution in [2.45, 2.75) is 33.3 Å². The summed E-state index contributed by atoms with van der Waals surface area (Å²) >= 11 is 0. The first-order chi connectivity index (χ1) is 17.3. The van der Waals surface area contributed by atoms with Gasteiger partial charge in [-0.2, -0.15) is 0 Å². The van der Waals surface area contributed by atoms with Crippen molar-refractivity contribution in [2.75, 3.05) is 5.32 Å². The van der Waals surface area contributed by atoms with Crippen LogP contribution in [-0.2, 0) is 6.61 Å². The summed E-state index contributed by atoms with van der Waals surface area (Å²) in [6, 6.07) is 22.4. The number of rotatable bonds is 9. The number of nitro benzene ring substituents is 1. The fraction of sp³-hybridized carbons (Fsp3) is 0.179. The van der Waals surface area contributed by atoms with E-state index in [1.807, 2.05) is 43.3 Å². The summed E-state index contributed by atoms with van der Waals surface area (Å²) in [6.45, 7) is 6.27. The minimum atomic E-state index is -0.551. The average molecular weight is 487 g/mol. The van der Waals surface area contributed by atoms with Crippen LogP contribution in [0.15, 0.2) is 83.3 Å². The number of amides is 1. The van der Waals surface area contributed by atoms with Gasteiger partial charge < -0.3 is 19.2 Å². The Hall–Kier alpha value is -4.59. The number of nitrogens with one attached hydrogen (secondary N) is 1. The van der Waals surface area contributed by atoms with E-state index in [0.717, 1.165) is 5.56 Å². The van der Waals surface area contributed by atoms with E-state index in [9.17, 15) is 14.9 Å². The maximum absolute atomic E-state index is 12.8. The topological polar surface area (TPSA) is 104 Å². The van der Waals surface area contributed by atoms with E-state index in [-0.39, 0.29) is 29.5 Å².